The van der Waals surface area contributed by atoms with E-state index < -0.39 is 18.0 Å². The highest BCUT2D eigenvalue weighted by molar-refractivity contribution is 5.95. The van der Waals surface area contributed by atoms with E-state index in [0.29, 0.717) is 23.6 Å². The van der Waals surface area contributed by atoms with E-state index in [0.717, 1.165) is 5.56 Å². The number of carbonyl (C=O) groups excluding carboxylic acids is 1. The zero-order valence-electron chi connectivity index (χ0n) is 13.1. The van der Waals surface area contributed by atoms with E-state index in [2.05, 4.69) is 4.98 Å². The minimum Gasteiger partial charge on any atom is -0.481 e. The van der Waals surface area contributed by atoms with E-state index in [4.69, 9.17) is 0 Å². The van der Waals surface area contributed by atoms with Gasteiger partial charge in [0.15, 0.2) is 0 Å². The highest BCUT2D eigenvalue weighted by Gasteiger charge is 2.36. The summed E-state index contributed by atoms with van der Waals surface area (Å²) >= 11 is 0. The van der Waals surface area contributed by atoms with Gasteiger partial charge in [0.05, 0.1) is 11.8 Å². The number of amides is 1. The van der Waals surface area contributed by atoms with Gasteiger partial charge in [-0.3, -0.25) is 14.0 Å². The first-order valence-corrected chi connectivity index (χ1v) is 7.54. The van der Waals surface area contributed by atoms with Crippen LogP contribution in [0.1, 0.15) is 28.2 Å². The van der Waals surface area contributed by atoms with Crippen molar-refractivity contribution in [3.63, 3.8) is 0 Å². The summed E-state index contributed by atoms with van der Waals surface area (Å²) in [5.74, 6) is -2.29. The fraction of sp³-hybridized carbons (Fsp3) is 0.438. The van der Waals surface area contributed by atoms with Crippen LogP contribution < -0.4 is 0 Å². The topological polar surface area (TPSA) is 95.1 Å². The van der Waals surface area contributed by atoms with Crippen molar-refractivity contribution >= 4 is 17.5 Å². The first-order valence-electron chi connectivity index (χ1n) is 7.54. The Kier molecular flexibility index (Phi) is 3.81. The summed E-state index contributed by atoms with van der Waals surface area (Å²) in [5, 5.41) is 19.0. The number of aliphatic hydroxyl groups excluding tert-OH is 1. The van der Waals surface area contributed by atoms with Crippen LogP contribution in [0.25, 0.3) is 5.65 Å². The van der Waals surface area contributed by atoms with Crippen LogP contribution in [0.4, 0.5) is 0 Å². The molecule has 1 aliphatic rings. The van der Waals surface area contributed by atoms with E-state index in [9.17, 15) is 19.8 Å². The van der Waals surface area contributed by atoms with Gasteiger partial charge in [-0.15, -0.1) is 0 Å². The van der Waals surface area contributed by atoms with E-state index >= 15 is 0 Å². The van der Waals surface area contributed by atoms with Crippen LogP contribution in [0, 0.1) is 19.8 Å². The standard InChI is InChI=1S/C16H19N3O4/c1-9-3-6-19-13(7-9)17-10(2)14(19)15(21)18-5-4-12(20)11(8-18)16(22)23/h3,6-7,11-12,20H,4-5,8H2,1-2H3,(H,22,23)/t11-,12+/m1/s1. The molecule has 3 rings (SSSR count). The summed E-state index contributed by atoms with van der Waals surface area (Å²) in [4.78, 5) is 30.0. The molecule has 0 saturated carbocycles. The third kappa shape index (κ3) is 2.68. The number of aromatic nitrogens is 2. The number of imidazole rings is 1. The Bertz CT molecular complexity index is 783. The van der Waals surface area contributed by atoms with Gasteiger partial charge in [-0.1, -0.05) is 0 Å². The fourth-order valence-electron chi connectivity index (χ4n) is 3.04. The highest BCUT2D eigenvalue weighted by Crippen LogP contribution is 2.22. The second kappa shape index (κ2) is 5.66. The second-order valence-electron chi connectivity index (χ2n) is 6.03. The van der Waals surface area contributed by atoms with Gasteiger partial charge in [-0.2, -0.15) is 0 Å². The number of hydrogen-bond acceptors (Lipinski definition) is 4. The van der Waals surface area contributed by atoms with Crippen molar-refractivity contribution in [2.45, 2.75) is 26.4 Å². The lowest BCUT2D eigenvalue weighted by Gasteiger charge is -2.34. The van der Waals surface area contributed by atoms with Crippen LogP contribution in [-0.2, 0) is 4.79 Å². The van der Waals surface area contributed by atoms with Crippen LogP contribution in [0.2, 0.25) is 0 Å². The van der Waals surface area contributed by atoms with E-state index in [1.807, 2.05) is 19.1 Å². The lowest BCUT2D eigenvalue weighted by Crippen LogP contribution is -2.49. The lowest BCUT2D eigenvalue weighted by molar-refractivity contribution is -0.148. The third-order valence-electron chi connectivity index (χ3n) is 4.34. The molecule has 1 fully saturated rings. The minimum atomic E-state index is -1.08. The van der Waals surface area contributed by atoms with Crippen molar-refractivity contribution < 1.29 is 19.8 Å². The van der Waals surface area contributed by atoms with Crippen LogP contribution in [-0.4, -0.2) is 55.6 Å². The van der Waals surface area contributed by atoms with Crippen molar-refractivity contribution in [3.05, 3.63) is 35.3 Å². The first kappa shape index (κ1) is 15.5. The van der Waals surface area contributed by atoms with Crippen molar-refractivity contribution in [1.82, 2.24) is 14.3 Å². The van der Waals surface area contributed by atoms with Gasteiger partial charge >= 0.3 is 5.97 Å². The summed E-state index contributed by atoms with van der Waals surface area (Å²) in [6.07, 6.45) is 1.14. The molecule has 122 valence electrons. The van der Waals surface area contributed by atoms with Crippen LogP contribution >= 0.6 is 0 Å². The normalized spacial score (nSPS) is 21.6. The molecule has 3 heterocycles. The van der Waals surface area contributed by atoms with Crippen molar-refractivity contribution in [2.24, 2.45) is 5.92 Å². The molecular formula is C16H19N3O4. The smallest absolute Gasteiger partial charge is 0.310 e. The van der Waals surface area contributed by atoms with Gasteiger partial charge in [-0.25, -0.2) is 4.98 Å². The molecule has 1 amide bonds. The molecule has 7 nitrogen and oxygen atoms in total. The number of likely N-dealkylation sites (tertiary alicyclic amines) is 1. The predicted octanol–water partition coefficient (Wildman–Crippen LogP) is 0.859. The van der Waals surface area contributed by atoms with Crippen LogP contribution in [0.3, 0.4) is 0 Å². The van der Waals surface area contributed by atoms with Crippen molar-refractivity contribution in [2.75, 3.05) is 13.1 Å². The molecular weight excluding hydrogens is 298 g/mol. The number of aryl methyl sites for hydroxylation is 2. The van der Waals surface area contributed by atoms with Crippen molar-refractivity contribution in [3.8, 4) is 0 Å². The quantitative estimate of drug-likeness (QED) is 0.856. The largest absolute Gasteiger partial charge is 0.481 e. The summed E-state index contributed by atoms with van der Waals surface area (Å²) < 4.78 is 1.73. The maximum atomic E-state index is 12.8. The third-order valence-corrected chi connectivity index (χ3v) is 4.34. The number of carboxylic acid groups (broad SMARTS) is 1. The second-order valence-corrected chi connectivity index (χ2v) is 6.03. The average Bonchev–Trinajstić information content (AvgIpc) is 2.81. The summed E-state index contributed by atoms with van der Waals surface area (Å²) in [5.41, 5.74) is 2.80. The molecule has 2 aromatic heterocycles. The van der Waals surface area contributed by atoms with Gasteiger partial charge < -0.3 is 15.1 Å². The molecule has 0 unspecified atom stereocenters. The van der Waals surface area contributed by atoms with Gasteiger partial charge in [-0.05, 0) is 38.0 Å². The molecule has 1 aliphatic heterocycles. The number of piperidine rings is 1. The lowest BCUT2D eigenvalue weighted by atomic mass is 9.94. The number of hydrogen-bond donors (Lipinski definition) is 2. The number of carboxylic acids is 1. The molecule has 23 heavy (non-hydrogen) atoms. The molecule has 0 aliphatic carbocycles. The van der Waals surface area contributed by atoms with Crippen LogP contribution in [0.5, 0.6) is 0 Å². The zero-order valence-corrected chi connectivity index (χ0v) is 13.1. The molecule has 2 N–H and O–H groups in total. The molecule has 7 heteroatoms. The van der Waals surface area contributed by atoms with Gasteiger partial charge in [0.2, 0.25) is 0 Å². The first-order chi connectivity index (χ1) is 10.9. The number of aliphatic hydroxyl groups is 1. The van der Waals surface area contributed by atoms with E-state index in [-0.39, 0.29) is 18.9 Å². The van der Waals surface area contributed by atoms with E-state index in [1.165, 1.54) is 4.90 Å². The summed E-state index contributed by atoms with van der Waals surface area (Å²) in [7, 11) is 0. The molecule has 0 spiro atoms. The van der Waals surface area contributed by atoms with Crippen molar-refractivity contribution in [1.29, 1.82) is 0 Å². The Hall–Kier alpha value is -2.41. The average molecular weight is 317 g/mol. The van der Waals surface area contributed by atoms with E-state index in [1.54, 1.807) is 17.5 Å². The summed E-state index contributed by atoms with van der Waals surface area (Å²) in [6.45, 7) is 4.06. The Morgan fingerprint density at radius 3 is 2.78 bits per heavy atom. The number of pyridine rings is 1. The Morgan fingerprint density at radius 2 is 2.09 bits per heavy atom. The summed E-state index contributed by atoms with van der Waals surface area (Å²) in [6, 6.07) is 3.79. The number of aliphatic carboxylic acids is 1. The number of rotatable bonds is 2. The Labute approximate surface area is 133 Å². The molecule has 2 atom stereocenters. The predicted molar refractivity (Wildman–Crippen MR) is 82.3 cm³/mol. The molecule has 0 bridgehead atoms. The molecule has 1 saturated heterocycles. The fourth-order valence-corrected chi connectivity index (χ4v) is 3.04. The van der Waals surface area contributed by atoms with Gasteiger partial charge in [0, 0.05) is 19.3 Å². The zero-order chi connectivity index (χ0) is 16.7. The maximum absolute atomic E-state index is 12.8. The van der Waals surface area contributed by atoms with Gasteiger partial charge in [0.25, 0.3) is 5.91 Å². The number of nitrogens with zero attached hydrogens (tertiary/aromatic N) is 3. The Morgan fingerprint density at radius 1 is 1.35 bits per heavy atom. The van der Waals surface area contributed by atoms with Crippen LogP contribution in [0.15, 0.2) is 18.3 Å². The molecule has 0 aromatic carbocycles. The number of carbonyl (C=O) groups is 2. The number of fused-ring (bicyclic) bond motifs is 1. The van der Waals surface area contributed by atoms with Gasteiger partial charge in [0.1, 0.15) is 17.3 Å². The Balaban J connectivity index is 1.94. The SMILES string of the molecule is Cc1ccn2c(C(=O)N3CC[C@H](O)[C@H](C(=O)O)C3)c(C)nc2c1. The highest BCUT2D eigenvalue weighted by atomic mass is 16.4. The monoisotopic (exact) mass is 317 g/mol. The molecule has 2 aromatic rings. The molecule has 0 radical (unpaired) electrons. The minimum absolute atomic E-state index is 0.00781. The maximum Gasteiger partial charge on any atom is 0.310 e.